The predicted octanol–water partition coefficient (Wildman–Crippen LogP) is 3.05. The maximum Gasteiger partial charge on any atom is 0.223 e. The summed E-state index contributed by atoms with van der Waals surface area (Å²) in [6.45, 7) is 17.5. The minimum atomic E-state index is -0.331. The van der Waals surface area contributed by atoms with Gasteiger partial charge in [-0.3, -0.25) is 9.48 Å². The fourth-order valence-corrected chi connectivity index (χ4v) is 2.23. The number of nitrogens with one attached hydrogen (secondary N) is 1. The molecule has 0 bridgehead atoms. The highest BCUT2D eigenvalue weighted by Crippen LogP contribution is 2.17. The summed E-state index contributed by atoms with van der Waals surface area (Å²) in [5.41, 5.74) is 0.747. The van der Waals surface area contributed by atoms with Crippen molar-refractivity contribution < 1.29 is 4.79 Å². The summed E-state index contributed by atoms with van der Waals surface area (Å²) >= 11 is 0. The molecule has 0 fully saturated rings. The molecular weight excluding hydrogens is 276 g/mol. The number of hydrogen-bond donors (Lipinski definition) is 1. The van der Waals surface area contributed by atoms with Gasteiger partial charge in [-0.1, -0.05) is 46.8 Å². The van der Waals surface area contributed by atoms with Crippen LogP contribution in [0, 0.1) is 17.3 Å². The Morgan fingerprint density at radius 3 is 2.32 bits per heavy atom. The minimum Gasteiger partial charge on any atom is -0.351 e. The van der Waals surface area contributed by atoms with Gasteiger partial charge in [0.25, 0.3) is 0 Å². The number of hydrogen-bond acceptors (Lipinski definition) is 3. The molecule has 0 aliphatic carbocycles. The average molecular weight is 308 g/mol. The third-order valence-electron chi connectivity index (χ3n) is 3.72. The van der Waals surface area contributed by atoms with Crippen LogP contribution in [-0.2, 0) is 17.8 Å². The van der Waals surface area contributed by atoms with Crippen LogP contribution in [0.5, 0.6) is 0 Å². The van der Waals surface area contributed by atoms with Crippen molar-refractivity contribution >= 4 is 5.91 Å². The summed E-state index contributed by atoms with van der Waals surface area (Å²) in [6.07, 6.45) is 2.65. The number of rotatable bonds is 6. The lowest BCUT2D eigenvalue weighted by Crippen LogP contribution is -2.48. The van der Waals surface area contributed by atoms with Crippen LogP contribution in [0.25, 0.3) is 0 Å². The molecule has 0 saturated heterocycles. The van der Waals surface area contributed by atoms with E-state index in [0.717, 1.165) is 12.2 Å². The zero-order chi connectivity index (χ0) is 17.1. The number of nitrogens with zero attached hydrogens (tertiary/aromatic N) is 3. The summed E-state index contributed by atoms with van der Waals surface area (Å²) in [5.74, 6) is 0.446. The maximum absolute atomic E-state index is 12.2. The van der Waals surface area contributed by atoms with Crippen molar-refractivity contribution in [1.29, 1.82) is 0 Å². The van der Waals surface area contributed by atoms with Gasteiger partial charge in [-0.05, 0) is 25.2 Å². The molecular formula is C17H32N4O. The first-order valence-corrected chi connectivity index (χ1v) is 8.11. The van der Waals surface area contributed by atoms with Crippen LogP contribution >= 0.6 is 0 Å². The van der Waals surface area contributed by atoms with Crippen LogP contribution in [0.15, 0.2) is 6.20 Å². The van der Waals surface area contributed by atoms with Gasteiger partial charge in [0.15, 0.2) is 0 Å². The van der Waals surface area contributed by atoms with Gasteiger partial charge in [0.05, 0.1) is 5.69 Å². The first-order chi connectivity index (χ1) is 9.89. The third kappa shape index (κ3) is 6.16. The van der Waals surface area contributed by atoms with E-state index in [2.05, 4.69) is 50.2 Å². The molecule has 5 heteroatoms. The fourth-order valence-electron chi connectivity index (χ4n) is 2.23. The van der Waals surface area contributed by atoms with E-state index in [9.17, 15) is 4.79 Å². The topological polar surface area (TPSA) is 59.8 Å². The van der Waals surface area contributed by atoms with Gasteiger partial charge < -0.3 is 5.32 Å². The Labute approximate surface area is 134 Å². The fraction of sp³-hybridized carbons (Fsp3) is 0.824. The lowest BCUT2D eigenvalue weighted by atomic mass is 9.93. The molecule has 5 nitrogen and oxygen atoms in total. The van der Waals surface area contributed by atoms with Gasteiger partial charge in [0, 0.05) is 30.6 Å². The zero-order valence-electron chi connectivity index (χ0n) is 15.4. The largest absolute Gasteiger partial charge is 0.351 e. The highest BCUT2D eigenvalue weighted by atomic mass is 16.2. The molecule has 126 valence electrons. The minimum absolute atomic E-state index is 0.0100. The molecule has 1 heterocycles. The molecule has 0 radical (unpaired) electrons. The lowest BCUT2D eigenvalue weighted by Gasteiger charge is -2.28. The van der Waals surface area contributed by atoms with E-state index in [1.165, 1.54) is 0 Å². The normalized spacial score (nSPS) is 14.2. The first-order valence-electron chi connectivity index (χ1n) is 8.11. The van der Waals surface area contributed by atoms with Crippen molar-refractivity contribution in [3.63, 3.8) is 0 Å². The molecule has 1 aromatic rings. The van der Waals surface area contributed by atoms with E-state index in [1.807, 2.05) is 31.6 Å². The highest BCUT2D eigenvalue weighted by molar-refractivity contribution is 5.79. The lowest BCUT2D eigenvalue weighted by molar-refractivity contribution is -0.127. The van der Waals surface area contributed by atoms with Gasteiger partial charge in [0.1, 0.15) is 0 Å². The van der Waals surface area contributed by atoms with Gasteiger partial charge >= 0.3 is 0 Å². The number of carbonyl (C=O) groups excluding carboxylic acids is 1. The molecule has 1 unspecified atom stereocenters. The number of carbonyl (C=O) groups is 1. The van der Waals surface area contributed by atoms with E-state index in [1.54, 1.807) is 0 Å². The molecule has 1 aromatic heterocycles. The van der Waals surface area contributed by atoms with Crippen molar-refractivity contribution in [2.45, 2.75) is 73.9 Å². The quantitative estimate of drug-likeness (QED) is 0.878. The van der Waals surface area contributed by atoms with Crippen LogP contribution in [-0.4, -0.2) is 26.4 Å². The SMILES string of the molecule is CC(C)C(C)C(=O)NC(C)(C)Cc1cn(CC(C)(C)C)nn1. The van der Waals surface area contributed by atoms with E-state index in [0.29, 0.717) is 12.3 Å². The highest BCUT2D eigenvalue weighted by Gasteiger charge is 2.26. The average Bonchev–Trinajstić information content (AvgIpc) is 2.70. The molecule has 0 saturated carbocycles. The molecule has 1 amide bonds. The molecule has 0 aliphatic heterocycles. The molecule has 0 spiro atoms. The Hall–Kier alpha value is -1.39. The van der Waals surface area contributed by atoms with E-state index < -0.39 is 0 Å². The Bertz CT molecular complexity index is 497. The summed E-state index contributed by atoms with van der Waals surface area (Å²) in [4.78, 5) is 12.2. The van der Waals surface area contributed by atoms with Crippen molar-refractivity contribution in [2.75, 3.05) is 0 Å². The van der Waals surface area contributed by atoms with E-state index in [-0.39, 0.29) is 22.8 Å². The van der Waals surface area contributed by atoms with Crippen LogP contribution < -0.4 is 5.32 Å². The third-order valence-corrected chi connectivity index (χ3v) is 3.72. The van der Waals surface area contributed by atoms with Crippen molar-refractivity contribution in [1.82, 2.24) is 20.3 Å². The second-order valence-corrected chi connectivity index (χ2v) is 8.55. The van der Waals surface area contributed by atoms with Gasteiger partial charge in [0.2, 0.25) is 5.91 Å². The van der Waals surface area contributed by atoms with Crippen LogP contribution in [0.3, 0.4) is 0 Å². The van der Waals surface area contributed by atoms with Crippen LogP contribution in [0.1, 0.15) is 61.1 Å². The van der Waals surface area contributed by atoms with Gasteiger partial charge in [-0.2, -0.15) is 0 Å². The summed E-state index contributed by atoms with van der Waals surface area (Å²) < 4.78 is 1.88. The summed E-state index contributed by atoms with van der Waals surface area (Å²) in [7, 11) is 0. The van der Waals surface area contributed by atoms with E-state index in [4.69, 9.17) is 0 Å². The number of amides is 1. The molecule has 1 rings (SSSR count). The van der Waals surface area contributed by atoms with Crippen molar-refractivity contribution in [3.8, 4) is 0 Å². The van der Waals surface area contributed by atoms with Crippen molar-refractivity contribution in [2.24, 2.45) is 17.3 Å². The Morgan fingerprint density at radius 2 is 1.82 bits per heavy atom. The van der Waals surface area contributed by atoms with Gasteiger partial charge in [-0.25, -0.2) is 0 Å². The molecule has 0 aromatic carbocycles. The predicted molar refractivity (Wildman–Crippen MR) is 89.4 cm³/mol. The van der Waals surface area contributed by atoms with Gasteiger partial charge in [-0.15, -0.1) is 5.10 Å². The zero-order valence-corrected chi connectivity index (χ0v) is 15.4. The second-order valence-electron chi connectivity index (χ2n) is 8.55. The molecule has 1 atom stereocenters. The Balaban J connectivity index is 2.66. The molecule has 1 N–H and O–H groups in total. The molecule has 22 heavy (non-hydrogen) atoms. The summed E-state index contributed by atoms with van der Waals surface area (Å²) in [5, 5.41) is 11.5. The van der Waals surface area contributed by atoms with E-state index >= 15 is 0 Å². The second kappa shape index (κ2) is 6.80. The first kappa shape index (κ1) is 18.7. The monoisotopic (exact) mass is 308 g/mol. The van der Waals surface area contributed by atoms with Crippen molar-refractivity contribution in [3.05, 3.63) is 11.9 Å². The smallest absolute Gasteiger partial charge is 0.223 e. The van der Waals surface area contributed by atoms with Crippen LogP contribution in [0.4, 0.5) is 0 Å². The number of aromatic nitrogens is 3. The summed E-state index contributed by atoms with van der Waals surface area (Å²) in [6, 6.07) is 0. The maximum atomic E-state index is 12.2. The Morgan fingerprint density at radius 1 is 1.23 bits per heavy atom. The molecule has 0 aliphatic rings. The standard InChI is InChI=1S/C17H32N4O/c1-12(2)13(3)15(22)18-17(7,8)9-14-10-21(20-19-14)11-16(4,5)6/h10,12-13H,9,11H2,1-8H3,(H,18,22). The van der Waals surface area contributed by atoms with Crippen LogP contribution in [0.2, 0.25) is 0 Å². The Kier molecular flexibility index (Phi) is 5.76.